The molecule has 0 unspecified atom stereocenters. The molecule has 2 aliphatic rings. The molecule has 0 radical (unpaired) electrons. The average Bonchev–Trinajstić information content (AvgIpc) is 3.53. The number of carbonyl (C=O) groups excluding carboxylic acids is 2. The number of carbonyl (C=O) groups is 2. The number of benzene rings is 1. The molecule has 4 heterocycles. The lowest BCUT2D eigenvalue weighted by molar-refractivity contribution is 0.0767. The Bertz CT molecular complexity index is 1470. The number of ether oxygens (including phenoxy) is 1. The van der Waals surface area contributed by atoms with Gasteiger partial charge in [-0.1, -0.05) is 23.7 Å². The molecule has 3 aromatic rings. The van der Waals surface area contributed by atoms with E-state index < -0.39 is 10.1 Å². The van der Waals surface area contributed by atoms with E-state index in [9.17, 15) is 18.0 Å². The number of hydrogen-bond donors (Lipinski definition) is 3. The van der Waals surface area contributed by atoms with E-state index in [1.54, 1.807) is 34.2 Å². The van der Waals surface area contributed by atoms with Crippen LogP contribution in [0.2, 0.25) is 4.34 Å². The number of thiophene rings is 1. The fraction of sp³-hybridized carbons (Fsp3) is 0.217. The minimum absolute atomic E-state index is 0.128. The van der Waals surface area contributed by atoms with Crippen LogP contribution >= 0.6 is 22.9 Å². The summed E-state index contributed by atoms with van der Waals surface area (Å²) in [6, 6.07) is 12.8. The van der Waals surface area contributed by atoms with Gasteiger partial charge in [-0.25, -0.2) is 0 Å². The summed E-state index contributed by atoms with van der Waals surface area (Å²) in [4.78, 5) is 34.1. The first-order chi connectivity index (χ1) is 17.5. The van der Waals surface area contributed by atoms with Crippen LogP contribution in [-0.4, -0.2) is 60.1 Å². The Balaban J connectivity index is 0.000000586. The standard InChI is InChI=1S/C22H18ClN5O3S.CH4O3S/c23-18-5-4-17(32-18)20(29)26-15-6-7-25-16-12-27(21(30)19(15)16)11-13-2-1-3-14(10-13)28-8-9-31-22(28)24;1-5(2,3)4/h1-7,10,24H,8-9,11-12H2,(H,25,26,29);1H3,(H,2,3,4). The van der Waals surface area contributed by atoms with Crippen molar-refractivity contribution >= 4 is 62.3 Å². The summed E-state index contributed by atoms with van der Waals surface area (Å²) in [5.74, 6) is -0.500. The third-order valence-electron chi connectivity index (χ3n) is 5.31. The molecule has 1 aromatic carbocycles. The van der Waals surface area contributed by atoms with Gasteiger partial charge in [-0.05, 0) is 35.9 Å². The zero-order valence-corrected chi connectivity index (χ0v) is 21.9. The molecule has 1 fully saturated rings. The molecule has 2 aliphatic heterocycles. The molecule has 2 aromatic heterocycles. The first-order valence-electron chi connectivity index (χ1n) is 10.8. The lowest BCUT2D eigenvalue weighted by atomic mass is 10.1. The van der Waals surface area contributed by atoms with Crippen LogP contribution in [0.5, 0.6) is 0 Å². The summed E-state index contributed by atoms with van der Waals surface area (Å²) < 4.78 is 31.6. The van der Waals surface area contributed by atoms with Gasteiger partial charge in [-0.3, -0.25) is 29.4 Å². The number of halogens is 1. The van der Waals surface area contributed by atoms with Crippen molar-refractivity contribution in [2.45, 2.75) is 13.1 Å². The largest absolute Gasteiger partial charge is 0.463 e. The maximum Gasteiger partial charge on any atom is 0.289 e. The Morgan fingerprint density at radius 1 is 1.30 bits per heavy atom. The van der Waals surface area contributed by atoms with Crippen LogP contribution in [0, 0.1) is 5.41 Å². The summed E-state index contributed by atoms with van der Waals surface area (Å²) in [6.07, 6.45) is 2.30. The maximum absolute atomic E-state index is 13.2. The zero-order chi connectivity index (χ0) is 26.7. The highest BCUT2D eigenvalue weighted by molar-refractivity contribution is 7.85. The summed E-state index contributed by atoms with van der Waals surface area (Å²) in [5.41, 5.74) is 3.27. The Morgan fingerprint density at radius 2 is 2.05 bits per heavy atom. The number of fused-ring (bicyclic) bond motifs is 1. The van der Waals surface area contributed by atoms with Gasteiger partial charge in [0, 0.05) is 18.4 Å². The van der Waals surface area contributed by atoms with Gasteiger partial charge in [0.15, 0.2) is 0 Å². The minimum atomic E-state index is -3.67. The van der Waals surface area contributed by atoms with Gasteiger partial charge < -0.3 is 15.0 Å². The summed E-state index contributed by atoms with van der Waals surface area (Å²) in [5, 5.41) is 10.7. The quantitative estimate of drug-likeness (QED) is 0.399. The second kappa shape index (κ2) is 10.8. The van der Waals surface area contributed by atoms with E-state index in [1.165, 1.54) is 11.3 Å². The average molecular weight is 564 g/mol. The Morgan fingerprint density at radius 3 is 2.70 bits per heavy atom. The molecule has 0 atom stereocenters. The van der Waals surface area contributed by atoms with Crippen molar-refractivity contribution < 1.29 is 27.3 Å². The molecule has 0 saturated carbocycles. The number of rotatable bonds is 5. The van der Waals surface area contributed by atoms with Crippen molar-refractivity contribution in [3.63, 3.8) is 0 Å². The molecular formula is C23H22ClN5O6S2. The predicted molar refractivity (Wildman–Crippen MR) is 140 cm³/mol. The molecule has 11 nitrogen and oxygen atoms in total. The molecule has 0 aliphatic carbocycles. The fourth-order valence-corrected chi connectivity index (χ4v) is 4.77. The molecule has 5 rings (SSSR count). The number of hydrogen-bond acceptors (Lipinski definition) is 8. The fourth-order valence-electron chi connectivity index (χ4n) is 3.83. The number of anilines is 2. The van der Waals surface area contributed by atoms with Crippen LogP contribution in [0.15, 0.2) is 48.7 Å². The van der Waals surface area contributed by atoms with E-state index in [0.29, 0.717) is 58.7 Å². The van der Waals surface area contributed by atoms with Gasteiger partial charge in [0.2, 0.25) is 0 Å². The third kappa shape index (κ3) is 6.63. The van der Waals surface area contributed by atoms with Crippen molar-refractivity contribution in [3.05, 3.63) is 74.7 Å². The maximum atomic E-state index is 13.2. The van der Waals surface area contributed by atoms with Gasteiger partial charge in [0.1, 0.15) is 6.61 Å². The second-order valence-corrected chi connectivity index (χ2v) is 11.3. The lowest BCUT2D eigenvalue weighted by Gasteiger charge is -2.19. The number of nitrogens with one attached hydrogen (secondary N) is 2. The highest BCUT2D eigenvalue weighted by Crippen LogP contribution is 2.31. The van der Waals surface area contributed by atoms with Crippen LogP contribution in [0.25, 0.3) is 0 Å². The number of amides is 2. The smallest absolute Gasteiger partial charge is 0.289 e. The van der Waals surface area contributed by atoms with Crippen molar-refractivity contribution in [1.29, 1.82) is 5.41 Å². The van der Waals surface area contributed by atoms with Crippen molar-refractivity contribution in [3.8, 4) is 0 Å². The summed E-state index contributed by atoms with van der Waals surface area (Å²) >= 11 is 7.10. The number of amidine groups is 1. The first-order valence-corrected chi connectivity index (χ1v) is 13.9. The molecule has 0 bridgehead atoms. The zero-order valence-electron chi connectivity index (χ0n) is 19.5. The van der Waals surface area contributed by atoms with Gasteiger partial charge in [-0.2, -0.15) is 8.42 Å². The lowest BCUT2D eigenvalue weighted by Crippen LogP contribution is -2.25. The molecule has 37 heavy (non-hydrogen) atoms. The minimum Gasteiger partial charge on any atom is -0.463 e. The van der Waals surface area contributed by atoms with Crippen LogP contribution in [-0.2, 0) is 27.9 Å². The highest BCUT2D eigenvalue weighted by atomic mass is 35.5. The Labute approximate surface area is 221 Å². The molecule has 2 amide bonds. The molecule has 1 saturated heterocycles. The van der Waals surface area contributed by atoms with E-state index >= 15 is 0 Å². The van der Waals surface area contributed by atoms with Crippen molar-refractivity contribution in [2.24, 2.45) is 0 Å². The first kappa shape index (κ1) is 26.5. The normalized spacial score (nSPS) is 14.7. The van der Waals surface area contributed by atoms with E-state index in [4.69, 9.17) is 26.3 Å². The van der Waals surface area contributed by atoms with Gasteiger partial charge in [0.05, 0.1) is 45.5 Å². The third-order valence-corrected chi connectivity index (χ3v) is 6.54. The molecular weight excluding hydrogens is 542 g/mol. The van der Waals surface area contributed by atoms with Gasteiger partial charge in [-0.15, -0.1) is 11.3 Å². The van der Waals surface area contributed by atoms with E-state index in [1.807, 2.05) is 24.3 Å². The van der Waals surface area contributed by atoms with Crippen LogP contribution < -0.4 is 10.2 Å². The predicted octanol–water partition coefficient (Wildman–Crippen LogP) is 3.48. The number of pyridine rings is 1. The van der Waals surface area contributed by atoms with E-state index in [-0.39, 0.29) is 17.8 Å². The van der Waals surface area contributed by atoms with E-state index in [0.717, 1.165) is 11.3 Å². The summed E-state index contributed by atoms with van der Waals surface area (Å²) in [6.45, 7) is 1.86. The molecule has 0 spiro atoms. The summed E-state index contributed by atoms with van der Waals surface area (Å²) in [7, 11) is -3.67. The van der Waals surface area contributed by atoms with Crippen LogP contribution in [0.4, 0.5) is 11.4 Å². The van der Waals surface area contributed by atoms with Crippen molar-refractivity contribution in [2.75, 3.05) is 29.6 Å². The van der Waals surface area contributed by atoms with Crippen LogP contribution in [0.3, 0.4) is 0 Å². The Kier molecular flexibility index (Phi) is 7.78. The monoisotopic (exact) mass is 563 g/mol. The highest BCUT2D eigenvalue weighted by Gasteiger charge is 2.32. The topological polar surface area (TPSA) is 153 Å². The van der Waals surface area contributed by atoms with Crippen molar-refractivity contribution in [1.82, 2.24) is 9.88 Å². The SMILES string of the molecule is CS(=O)(=O)O.N=C1OCCN1c1cccc(CN2Cc3nccc(NC(=O)c4ccc(Cl)s4)c3C2=O)c1. The van der Waals surface area contributed by atoms with E-state index in [2.05, 4.69) is 10.3 Å². The second-order valence-electron chi connectivity index (χ2n) is 8.11. The number of aromatic nitrogens is 1. The van der Waals surface area contributed by atoms with Gasteiger partial charge in [0.25, 0.3) is 28.0 Å². The molecule has 3 N–H and O–H groups in total. The molecule has 14 heteroatoms. The Hall–Kier alpha value is -3.52. The number of nitrogens with zero attached hydrogens (tertiary/aromatic N) is 3. The van der Waals surface area contributed by atoms with Crippen LogP contribution in [0.1, 0.15) is 31.3 Å². The van der Waals surface area contributed by atoms with Gasteiger partial charge >= 0.3 is 0 Å². The molecule has 194 valence electrons.